The molecule has 1 aliphatic carbocycles. The van der Waals surface area contributed by atoms with Gasteiger partial charge in [0.25, 0.3) is 0 Å². The molecule has 5 rings (SSSR count). The molecule has 204 valence electrons. The van der Waals surface area contributed by atoms with Gasteiger partial charge in [-0.25, -0.2) is 13.6 Å². The fourth-order valence-corrected chi connectivity index (χ4v) is 6.69. The fraction of sp³-hybridized carbons (Fsp3) is 0.444. The monoisotopic (exact) mass is 609 g/mol. The van der Waals surface area contributed by atoms with Crippen molar-refractivity contribution in [2.45, 2.75) is 43.0 Å². The number of piperazine rings is 1. The van der Waals surface area contributed by atoms with E-state index in [1.54, 1.807) is 13.0 Å². The third kappa shape index (κ3) is 5.25. The van der Waals surface area contributed by atoms with Crippen LogP contribution in [0.25, 0.3) is 10.9 Å². The van der Waals surface area contributed by atoms with Crippen LogP contribution in [-0.4, -0.2) is 69.5 Å². The van der Waals surface area contributed by atoms with Gasteiger partial charge in [0.2, 0.25) is 0 Å². The standard InChI is InChI=1S/C27H30BrF2N3O4S/c1-3-37-27(35)25-23(15-38(36)17-6-7-20(29)21(30)12-17)33(16-4-5-16)22-13-19(28)26(34)18(24(22)25)14-32-10-8-31(2)9-11-32/h6-7,12-13,16,34H,3-5,8-11,14-15H2,1-2H3. The largest absolute Gasteiger partial charge is 0.506 e. The van der Waals surface area contributed by atoms with Crippen LogP contribution < -0.4 is 0 Å². The molecule has 1 N–H and O–H groups in total. The number of carbonyl (C=O) groups excluding carboxylic acids is 1. The number of phenols is 1. The maximum Gasteiger partial charge on any atom is 0.340 e. The number of aromatic hydroxyl groups is 1. The molecule has 7 nitrogen and oxygen atoms in total. The van der Waals surface area contributed by atoms with Gasteiger partial charge in [-0.3, -0.25) is 9.11 Å². The Hall–Kier alpha value is -2.34. The van der Waals surface area contributed by atoms with Crippen molar-refractivity contribution in [2.75, 3.05) is 39.8 Å². The average molecular weight is 611 g/mol. The fourth-order valence-electron chi connectivity index (χ4n) is 5.08. The van der Waals surface area contributed by atoms with Gasteiger partial charge in [0, 0.05) is 60.3 Å². The highest BCUT2D eigenvalue weighted by atomic mass is 79.9. The van der Waals surface area contributed by atoms with Gasteiger partial charge < -0.3 is 19.3 Å². The van der Waals surface area contributed by atoms with Crippen molar-refractivity contribution in [3.05, 3.63) is 57.2 Å². The van der Waals surface area contributed by atoms with Crippen molar-refractivity contribution in [1.29, 1.82) is 0 Å². The second-order valence-corrected chi connectivity index (χ2v) is 12.2. The van der Waals surface area contributed by atoms with E-state index in [1.165, 1.54) is 6.07 Å². The van der Waals surface area contributed by atoms with Gasteiger partial charge in [-0.15, -0.1) is 0 Å². The molecule has 1 atom stereocenters. The first-order valence-corrected chi connectivity index (χ1v) is 14.8. The molecule has 0 spiro atoms. The van der Waals surface area contributed by atoms with Crippen LogP contribution in [0.4, 0.5) is 8.78 Å². The Labute approximate surface area is 230 Å². The van der Waals surface area contributed by atoms with E-state index in [4.69, 9.17) is 4.74 Å². The second-order valence-electron chi connectivity index (χ2n) is 9.87. The Bertz CT molecular complexity index is 1420. The molecule has 0 bridgehead atoms. The van der Waals surface area contributed by atoms with Crippen LogP contribution in [0.15, 0.2) is 33.6 Å². The third-order valence-electron chi connectivity index (χ3n) is 7.21. The lowest BCUT2D eigenvalue weighted by Gasteiger charge is -2.32. The average Bonchev–Trinajstić information content (AvgIpc) is 3.67. The first-order valence-electron chi connectivity index (χ1n) is 12.7. The smallest absolute Gasteiger partial charge is 0.340 e. The number of fused-ring (bicyclic) bond motifs is 1. The van der Waals surface area contributed by atoms with Gasteiger partial charge in [0.1, 0.15) is 5.75 Å². The summed E-state index contributed by atoms with van der Waals surface area (Å²) in [6.07, 6.45) is 1.78. The Morgan fingerprint density at radius 2 is 1.87 bits per heavy atom. The van der Waals surface area contributed by atoms with Gasteiger partial charge >= 0.3 is 5.97 Å². The SMILES string of the molecule is CCOC(=O)c1c(CS(=O)c2ccc(F)c(F)c2)n(C2CC2)c2cc(Br)c(O)c(CN3CCN(C)CC3)c12. The van der Waals surface area contributed by atoms with E-state index in [2.05, 4.69) is 32.8 Å². The molecule has 1 aliphatic heterocycles. The van der Waals surface area contributed by atoms with E-state index >= 15 is 0 Å². The Balaban J connectivity index is 1.68. The summed E-state index contributed by atoms with van der Waals surface area (Å²) >= 11 is 3.51. The van der Waals surface area contributed by atoms with Gasteiger partial charge in [-0.2, -0.15) is 0 Å². The lowest BCUT2D eigenvalue weighted by Crippen LogP contribution is -2.43. The highest BCUT2D eigenvalue weighted by Gasteiger charge is 2.35. The number of rotatable bonds is 8. The summed E-state index contributed by atoms with van der Waals surface area (Å²) < 4.78 is 48.9. The predicted molar refractivity (Wildman–Crippen MR) is 145 cm³/mol. The Morgan fingerprint density at radius 3 is 2.50 bits per heavy atom. The first kappa shape index (κ1) is 27.2. The molecule has 2 aromatic carbocycles. The van der Waals surface area contributed by atoms with Crippen LogP contribution in [0.2, 0.25) is 0 Å². The summed E-state index contributed by atoms with van der Waals surface area (Å²) in [4.78, 5) is 18.1. The topological polar surface area (TPSA) is 75.0 Å². The lowest BCUT2D eigenvalue weighted by molar-refractivity contribution is 0.0527. The zero-order valence-corrected chi connectivity index (χ0v) is 23.7. The third-order valence-corrected chi connectivity index (χ3v) is 9.13. The minimum atomic E-state index is -1.76. The first-order chi connectivity index (χ1) is 18.2. The Kier molecular flexibility index (Phi) is 7.91. The number of hydrogen-bond acceptors (Lipinski definition) is 6. The summed E-state index contributed by atoms with van der Waals surface area (Å²) in [6.45, 7) is 5.72. The highest BCUT2D eigenvalue weighted by molar-refractivity contribution is 9.10. The van der Waals surface area contributed by atoms with Crippen LogP contribution in [0, 0.1) is 11.6 Å². The number of aromatic nitrogens is 1. The number of phenolic OH excluding ortho intramolecular Hbond substituents is 1. The van der Waals surface area contributed by atoms with Crippen LogP contribution in [0.5, 0.6) is 5.75 Å². The summed E-state index contributed by atoms with van der Waals surface area (Å²) in [5.74, 6) is -2.68. The number of esters is 1. The van der Waals surface area contributed by atoms with Crippen LogP contribution in [-0.2, 0) is 27.8 Å². The number of carbonyl (C=O) groups is 1. The quantitative estimate of drug-likeness (QED) is 0.364. The van der Waals surface area contributed by atoms with E-state index in [1.807, 2.05) is 4.57 Å². The number of likely N-dealkylation sites (N-methyl/N-ethyl adjacent to an activating group) is 1. The zero-order valence-electron chi connectivity index (χ0n) is 21.3. The number of hydrogen-bond donors (Lipinski definition) is 1. The normalized spacial score (nSPS) is 17.7. The molecule has 1 saturated carbocycles. The molecular weight excluding hydrogens is 580 g/mol. The van der Waals surface area contributed by atoms with E-state index < -0.39 is 28.4 Å². The summed E-state index contributed by atoms with van der Waals surface area (Å²) in [5, 5.41) is 11.8. The molecule has 0 amide bonds. The van der Waals surface area contributed by atoms with Crippen LogP contribution in [0.1, 0.15) is 47.4 Å². The van der Waals surface area contributed by atoms with E-state index in [0.29, 0.717) is 27.7 Å². The molecule has 11 heteroatoms. The number of ether oxygens (including phenoxy) is 1. The molecular formula is C27H30BrF2N3O4S. The van der Waals surface area contributed by atoms with Gasteiger partial charge in [0.05, 0.1) is 38.7 Å². The summed E-state index contributed by atoms with van der Waals surface area (Å²) in [5.41, 5.74) is 2.15. The summed E-state index contributed by atoms with van der Waals surface area (Å²) in [6, 6.07) is 5.08. The maximum atomic E-state index is 13.9. The van der Waals surface area contributed by atoms with Crippen molar-refractivity contribution in [1.82, 2.24) is 14.4 Å². The van der Waals surface area contributed by atoms with Crippen molar-refractivity contribution in [2.24, 2.45) is 0 Å². The molecule has 1 unspecified atom stereocenters. The molecule has 1 aromatic heterocycles. The zero-order chi connectivity index (χ0) is 27.1. The lowest BCUT2D eigenvalue weighted by atomic mass is 10.0. The molecule has 1 saturated heterocycles. The number of halogens is 3. The minimum absolute atomic E-state index is 0.0585. The number of nitrogens with zero attached hydrogens (tertiary/aromatic N) is 3. The van der Waals surface area contributed by atoms with E-state index in [9.17, 15) is 22.9 Å². The van der Waals surface area contributed by atoms with E-state index in [0.717, 1.165) is 56.7 Å². The predicted octanol–water partition coefficient (Wildman–Crippen LogP) is 4.95. The molecule has 2 aliphatic rings. The van der Waals surface area contributed by atoms with Gasteiger partial charge in [-0.05, 0) is 67.0 Å². The molecule has 3 aromatic rings. The minimum Gasteiger partial charge on any atom is -0.506 e. The molecule has 0 radical (unpaired) electrons. The molecule has 2 fully saturated rings. The van der Waals surface area contributed by atoms with E-state index in [-0.39, 0.29) is 34.6 Å². The second kappa shape index (κ2) is 11.0. The highest BCUT2D eigenvalue weighted by Crippen LogP contribution is 2.46. The number of benzene rings is 2. The van der Waals surface area contributed by atoms with Gasteiger partial charge in [-0.1, -0.05) is 0 Å². The Morgan fingerprint density at radius 1 is 1.16 bits per heavy atom. The molecule has 38 heavy (non-hydrogen) atoms. The van der Waals surface area contributed by atoms with Crippen LogP contribution in [0.3, 0.4) is 0 Å². The van der Waals surface area contributed by atoms with Crippen molar-refractivity contribution in [3.8, 4) is 5.75 Å². The van der Waals surface area contributed by atoms with Crippen molar-refractivity contribution < 1.29 is 27.6 Å². The van der Waals surface area contributed by atoms with Crippen molar-refractivity contribution >= 4 is 43.6 Å². The maximum absolute atomic E-state index is 13.9. The van der Waals surface area contributed by atoms with Gasteiger partial charge in [0.15, 0.2) is 11.6 Å². The van der Waals surface area contributed by atoms with Crippen molar-refractivity contribution in [3.63, 3.8) is 0 Å². The van der Waals surface area contributed by atoms with Crippen LogP contribution >= 0.6 is 15.9 Å². The molecule has 2 heterocycles. The summed E-state index contributed by atoms with van der Waals surface area (Å²) in [7, 11) is 0.307.